The van der Waals surface area contributed by atoms with Crippen LogP contribution in [0.4, 0.5) is 5.82 Å². The Morgan fingerprint density at radius 2 is 2.04 bits per heavy atom. The average Bonchev–Trinajstić information content (AvgIpc) is 2.89. The van der Waals surface area contributed by atoms with Crippen molar-refractivity contribution in [2.45, 2.75) is 18.6 Å². The minimum Gasteiger partial charge on any atom is -0.480 e. The Kier molecular flexibility index (Phi) is 4.16. The molecule has 0 unspecified atom stereocenters. The maximum atomic E-state index is 11.7. The number of esters is 1. The Morgan fingerprint density at radius 1 is 1.26 bits per heavy atom. The molecule has 0 bridgehead atoms. The van der Waals surface area contributed by atoms with E-state index in [0.717, 1.165) is 11.1 Å². The summed E-state index contributed by atoms with van der Waals surface area (Å²) < 4.78 is 9.85. The second-order valence-electron chi connectivity index (χ2n) is 5.34. The van der Waals surface area contributed by atoms with Gasteiger partial charge >= 0.3 is 5.97 Å². The summed E-state index contributed by atoms with van der Waals surface area (Å²) in [6, 6.07) is 10.9. The number of aromatic nitrogens is 1. The summed E-state index contributed by atoms with van der Waals surface area (Å²) in [5.41, 5.74) is 2.43. The number of aliphatic hydroxyl groups is 1. The van der Waals surface area contributed by atoms with Gasteiger partial charge in [0.1, 0.15) is 11.4 Å². The normalized spacial score (nSPS) is 19.1. The van der Waals surface area contributed by atoms with Gasteiger partial charge in [0.15, 0.2) is 0 Å². The van der Waals surface area contributed by atoms with Gasteiger partial charge in [0.25, 0.3) is 0 Å². The highest BCUT2D eigenvalue weighted by atomic mass is 16.5. The summed E-state index contributed by atoms with van der Waals surface area (Å²) in [7, 11) is 2.75. The van der Waals surface area contributed by atoms with E-state index in [9.17, 15) is 9.90 Å². The lowest BCUT2D eigenvalue weighted by molar-refractivity contribution is 0.0596. The number of nitrogens with zero attached hydrogens (tertiary/aromatic N) is 1. The van der Waals surface area contributed by atoms with Crippen LogP contribution in [-0.4, -0.2) is 36.4 Å². The van der Waals surface area contributed by atoms with Crippen LogP contribution < -0.4 is 10.1 Å². The lowest BCUT2D eigenvalue weighted by atomic mass is 10.1. The van der Waals surface area contributed by atoms with Crippen molar-refractivity contribution in [3.05, 3.63) is 53.1 Å². The van der Waals surface area contributed by atoms with E-state index in [1.165, 1.54) is 14.2 Å². The molecule has 3 rings (SSSR count). The maximum Gasteiger partial charge on any atom is 0.343 e. The van der Waals surface area contributed by atoms with E-state index in [1.807, 2.05) is 24.3 Å². The van der Waals surface area contributed by atoms with Crippen molar-refractivity contribution in [3.63, 3.8) is 0 Å². The van der Waals surface area contributed by atoms with Crippen molar-refractivity contribution in [1.29, 1.82) is 0 Å². The van der Waals surface area contributed by atoms with Gasteiger partial charge in [0, 0.05) is 6.42 Å². The van der Waals surface area contributed by atoms with E-state index in [4.69, 9.17) is 9.47 Å². The zero-order chi connectivity index (χ0) is 16.4. The number of anilines is 1. The molecule has 0 radical (unpaired) electrons. The van der Waals surface area contributed by atoms with Crippen molar-refractivity contribution in [2.75, 3.05) is 19.5 Å². The van der Waals surface area contributed by atoms with Crippen LogP contribution in [0.25, 0.3) is 0 Å². The summed E-state index contributed by atoms with van der Waals surface area (Å²) in [6.45, 7) is 0. The van der Waals surface area contributed by atoms with Crippen LogP contribution in [0.3, 0.4) is 0 Å². The molecule has 2 N–H and O–H groups in total. The number of fused-ring (bicyclic) bond motifs is 1. The van der Waals surface area contributed by atoms with E-state index in [2.05, 4.69) is 10.3 Å². The number of carbonyl (C=O) groups is 1. The Labute approximate surface area is 134 Å². The van der Waals surface area contributed by atoms with Crippen LogP contribution in [0.15, 0.2) is 36.4 Å². The summed E-state index contributed by atoms with van der Waals surface area (Å²) in [6.07, 6.45) is 0.0751. The van der Waals surface area contributed by atoms with E-state index in [0.29, 0.717) is 12.2 Å². The Morgan fingerprint density at radius 3 is 2.78 bits per heavy atom. The number of pyridine rings is 1. The second-order valence-corrected chi connectivity index (χ2v) is 5.34. The third-order valence-corrected chi connectivity index (χ3v) is 3.97. The van der Waals surface area contributed by atoms with E-state index >= 15 is 0 Å². The summed E-state index contributed by atoms with van der Waals surface area (Å²) >= 11 is 0. The quantitative estimate of drug-likeness (QED) is 0.840. The van der Waals surface area contributed by atoms with E-state index in [-0.39, 0.29) is 17.5 Å². The van der Waals surface area contributed by atoms with Gasteiger partial charge in [-0.2, -0.15) is 4.98 Å². The molecule has 0 spiro atoms. The van der Waals surface area contributed by atoms with Gasteiger partial charge in [-0.1, -0.05) is 24.3 Å². The van der Waals surface area contributed by atoms with Gasteiger partial charge < -0.3 is 19.9 Å². The van der Waals surface area contributed by atoms with Crippen LogP contribution in [-0.2, 0) is 11.2 Å². The fraction of sp³-hybridized carbons (Fsp3) is 0.294. The molecule has 23 heavy (non-hydrogen) atoms. The van der Waals surface area contributed by atoms with Crippen molar-refractivity contribution >= 4 is 11.8 Å². The number of hydrogen-bond donors (Lipinski definition) is 2. The van der Waals surface area contributed by atoms with Crippen molar-refractivity contribution in [3.8, 4) is 5.88 Å². The molecule has 1 aliphatic carbocycles. The predicted octanol–water partition coefficient (Wildman–Crippen LogP) is 1.95. The maximum absolute atomic E-state index is 11.7. The fourth-order valence-electron chi connectivity index (χ4n) is 2.85. The SMILES string of the molecule is COC(=O)c1ccc(N[C@@H]2c3ccccc3C[C@@H]2O)nc1OC. The standard InChI is InChI=1S/C17H18N2O4/c1-22-16-12(17(21)23-2)7-8-14(19-16)18-15-11-6-4-3-5-10(11)9-13(15)20/h3-8,13,15,20H,9H2,1-2H3,(H,18,19)/t13-,15+/m0/s1. The highest BCUT2D eigenvalue weighted by molar-refractivity contribution is 5.92. The third-order valence-electron chi connectivity index (χ3n) is 3.97. The van der Waals surface area contributed by atoms with E-state index in [1.54, 1.807) is 12.1 Å². The fourth-order valence-corrected chi connectivity index (χ4v) is 2.85. The van der Waals surface area contributed by atoms with Crippen LogP contribution in [0.1, 0.15) is 27.5 Å². The molecule has 1 heterocycles. The lowest BCUT2D eigenvalue weighted by Crippen LogP contribution is -2.22. The largest absolute Gasteiger partial charge is 0.480 e. The van der Waals surface area contributed by atoms with Gasteiger partial charge in [-0.15, -0.1) is 0 Å². The Hall–Kier alpha value is -2.60. The van der Waals surface area contributed by atoms with Gasteiger partial charge in [0.2, 0.25) is 5.88 Å². The molecule has 0 saturated carbocycles. The number of rotatable bonds is 4. The van der Waals surface area contributed by atoms with Crippen molar-refractivity contribution < 1.29 is 19.4 Å². The second kappa shape index (κ2) is 6.26. The molecule has 6 heteroatoms. The number of methoxy groups -OCH3 is 2. The van der Waals surface area contributed by atoms with Gasteiger partial charge in [-0.05, 0) is 23.3 Å². The molecular formula is C17H18N2O4. The molecule has 2 aromatic rings. The summed E-state index contributed by atoms with van der Waals surface area (Å²) in [4.78, 5) is 15.9. The first-order valence-corrected chi connectivity index (χ1v) is 7.29. The molecule has 1 aromatic carbocycles. The molecular weight excluding hydrogens is 296 g/mol. The molecule has 0 amide bonds. The summed E-state index contributed by atoms with van der Waals surface area (Å²) in [5.74, 6) is 0.199. The molecule has 2 atom stereocenters. The number of hydrogen-bond acceptors (Lipinski definition) is 6. The summed E-state index contributed by atoms with van der Waals surface area (Å²) in [5, 5.41) is 13.5. The highest BCUT2D eigenvalue weighted by Crippen LogP contribution is 2.34. The van der Waals surface area contributed by atoms with Crippen LogP contribution in [0, 0.1) is 0 Å². The van der Waals surface area contributed by atoms with Crippen molar-refractivity contribution in [2.24, 2.45) is 0 Å². The van der Waals surface area contributed by atoms with E-state index < -0.39 is 12.1 Å². The zero-order valence-corrected chi connectivity index (χ0v) is 12.9. The first kappa shape index (κ1) is 15.3. The van der Waals surface area contributed by atoms with Crippen molar-refractivity contribution in [1.82, 2.24) is 4.98 Å². The molecule has 6 nitrogen and oxygen atoms in total. The first-order valence-electron chi connectivity index (χ1n) is 7.29. The highest BCUT2D eigenvalue weighted by Gasteiger charge is 2.31. The topological polar surface area (TPSA) is 80.7 Å². The molecule has 120 valence electrons. The van der Waals surface area contributed by atoms with Crippen LogP contribution in [0.5, 0.6) is 5.88 Å². The number of aliphatic hydroxyl groups excluding tert-OH is 1. The Bertz CT molecular complexity index is 732. The number of benzene rings is 1. The van der Waals surface area contributed by atoms with Crippen LogP contribution in [0.2, 0.25) is 0 Å². The number of carbonyl (C=O) groups excluding carboxylic acids is 1. The number of nitrogens with one attached hydrogen (secondary N) is 1. The predicted molar refractivity (Wildman–Crippen MR) is 84.6 cm³/mol. The Balaban J connectivity index is 1.88. The van der Waals surface area contributed by atoms with Gasteiger partial charge in [0.05, 0.1) is 26.4 Å². The lowest BCUT2D eigenvalue weighted by Gasteiger charge is -2.19. The molecule has 0 fully saturated rings. The first-order chi connectivity index (χ1) is 11.1. The average molecular weight is 314 g/mol. The van der Waals surface area contributed by atoms with Gasteiger partial charge in [-0.3, -0.25) is 0 Å². The zero-order valence-electron chi connectivity index (χ0n) is 12.9. The molecule has 1 aliphatic rings. The van der Waals surface area contributed by atoms with Crippen LogP contribution >= 0.6 is 0 Å². The molecule has 0 aliphatic heterocycles. The minimum atomic E-state index is -0.527. The third kappa shape index (κ3) is 2.85. The minimum absolute atomic E-state index is 0.183. The smallest absolute Gasteiger partial charge is 0.343 e. The molecule has 1 aromatic heterocycles. The van der Waals surface area contributed by atoms with Gasteiger partial charge in [-0.25, -0.2) is 4.79 Å². The number of ether oxygens (including phenoxy) is 2. The monoisotopic (exact) mass is 314 g/mol. The molecule has 0 saturated heterocycles.